The topological polar surface area (TPSA) is 110 Å². The molecule has 0 unspecified atom stereocenters. The van der Waals surface area contributed by atoms with Gasteiger partial charge in [-0.05, 0) is 67.9 Å². The quantitative estimate of drug-likeness (QED) is 0.573. The summed E-state index contributed by atoms with van der Waals surface area (Å²) in [5, 5.41) is 2.70. The van der Waals surface area contributed by atoms with Crippen LogP contribution in [0.15, 0.2) is 72.0 Å². The van der Waals surface area contributed by atoms with E-state index in [9.17, 15) is 13.2 Å². The van der Waals surface area contributed by atoms with Gasteiger partial charge in [0.2, 0.25) is 10.0 Å². The fraction of sp³-hybridized carbons (Fsp3) is 0.190. The largest absolute Gasteiger partial charge is 0.485 e. The molecule has 0 atom stereocenters. The molecule has 2 aromatic heterocycles. The first-order chi connectivity index (χ1) is 14.3. The van der Waals surface area contributed by atoms with E-state index in [1.807, 2.05) is 12.1 Å². The van der Waals surface area contributed by atoms with E-state index in [1.54, 1.807) is 44.6 Å². The third-order valence-electron chi connectivity index (χ3n) is 3.96. The van der Waals surface area contributed by atoms with Crippen LogP contribution in [0.4, 0.5) is 5.82 Å². The van der Waals surface area contributed by atoms with Gasteiger partial charge in [-0.15, -0.1) is 0 Å². The molecule has 156 valence electrons. The number of carbonyl (C=O) groups is 1. The summed E-state index contributed by atoms with van der Waals surface area (Å²) in [5.41, 5.74) is 1.22. The fourth-order valence-corrected chi connectivity index (χ4v) is 3.84. The normalized spacial score (nSPS) is 11.3. The predicted molar refractivity (Wildman–Crippen MR) is 113 cm³/mol. The molecule has 0 saturated carbocycles. The van der Waals surface area contributed by atoms with Crippen molar-refractivity contribution in [2.24, 2.45) is 0 Å². The number of anilines is 1. The minimum atomic E-state index is -3.62. The minimum Gasteiger partial charge on any atom is -0.485 e. The maximum Gasteiger partial charge on any atom is 0.256 e. The second-order valence-corrected chi connectivity index (χ2v) is 8.46. The Balaban J connectivity index is 1.70. The molecule has 1 amide bonds. The van der Waals surface area contributed by atoms with Gasteiger partial charge in [-0.3, -0.25) is 9.78 Å². The molecule has 0 aliphatic heterocycles. The molecule has 9 heteroatoms. The van der Waals surface area contributed by atoms with Crippen molar-refractivity contribution in [2.45, 2.75) is 31.4 Å². The highest BCUT2D eigenvalue weighted by atomic mass is 32.2. The van der Waals surface area contributed by atoms with E-state index in [2.05, 4.69) is 20.0 Å². The first kappa shape index (κ1) is 21.4. The van der Waals surface area contributed by atoms with Crippen LogP contribution in [0.25, 0.3) is 0 Å². The van der Waals surface area contributed by atoms with Gasteiger partial charge in [-0.1, -0.05) is 0 Å². The Hall–Kier alpha value is -3.30. The van der Waals surface area contributed by atoms with Crippen LogP contribution in [-0.4, -0.2) is 30.3 Å². The molecule has 0 bridgehead atoms. The molecular weight excluding hydrogens is 404 g/mol. The number of pyridine rings is 2. The van der Waals surface area contributed by atoms with E-state index in [0.717, 1.165) is 5.56 Å². The third-order valence-corrected chi connectivity index (χ3v) is 5.64. The number of carbonyl (C=O) groups excluding carboxylic acids is 1. The summed E-state index contributed by atoms with van der Waals surface area (Å²) >= 11 is 0. The minimum absolute atomic E-state index is 0.0898. The Bertz CT molecular complexity index is 1100. The molecule has 2 heterocycles. The summed E-state index contributed by atoms with van der Waals surface area (Å²) in [7, 11) is -3.62. The van der Waals surface area contributed by atoms with Gasteiger partial charge in [0.15, 0.2) is 11.6 Å². The Morgan fingerprint density at radius 1 is 1.03 bits per heavy atom. The number of nitrogens with zero attached hydrogens (tertiary/aromatic N) is 2. The Kier molecular flexibility index (Phi) is 6.76. The third kappa shape index (κ3) is 5.62. The SMILES string of the molecule is CC(C)NS(=O)(=O)c1ccc(C(=O)Nc2ncccc2OCc2ccncc2)cc1. The highest BCUT2D eigenvalue weighted by molar-refractivity contribution is 7.89. The molecule has 0 aliphatic carbocycles. The van der Waals surface area contributed by atoms with Crippen molar-refractivity contribution in [3.05, 3.63) is 78.2 Å². The first-order valence-electron chi connectivity index (χ1n) is 9.25. The summed E-state index contributed by atoms with van der Waals surface area (Å²) in [5.74, 6) is 0.265. The molecule has 0 fully saturated rings. The van der Waals surface area contributed by atoms with Crippen molar-refractivity contribution < 1.29 is 17.9 Å². The van der Waals surface area contributed by atoms with Crippen LogP contribution in [0.1, 0.15) is 29.8 Å². The van der Waals surface area contributed by atoms with Crippen molar-refractivity contribution in [1.82, 2.24) is 14.7 Å². The summed E-state index contributed by atoms with van der Waals surface area (Å²) < 4.78 is 32.7. The summed E-state index contributed by atoms with van der Waals surface area (Å²) in [4.78, 5) is 20.8. The summed E-state index contributed by atoms with van der Waals surface area (Å²) in [6.07, 6.45) is 4.89. The molecule has 2 N–H and O–H groups in total. The fourth-order valence-electron chi connectivity index (χ4n) is 2.58. The van der Waals surface area contributed by atoms with Gasteiger partial charge in [0, 0.05) is 30.2 Å². The highest BCUT2D eigenvalue weighted by Gasteiger charge is 2.17. The molecule has 0 spiro atoms. The average molecular weight is 426 g/mol. The number of hydrogen-bond donors (Lipinski definition) is 2. The van der Waals surface area contributed by atoms with E-state index in [0.29, 0.717) is 17.9 Å². The predicted octanol–water partition coefficient (Wildman–Crippen LogP) is 2.99. The van der Waals surface area contributed by atoms with Gasteiger partial charge in [0.05, 0.1) is 4.90 Å². The van der Waals surface area contributed by atoms with Gasteiger partial charge >= 0.3 is 0 Å². The second-order valence-electron chi connectivity index (χ2n) is 6.75. The number of benzene rings is 1. The number of hydrogen-bond acceptors (Lipinski definition) is 6. The summed E-state index contributed by atoms with van der Waals surface area (Å²) in [6.45, 7) is 3.77. The zero-order chi connectivity index (χ0) is 21.6. The second kappa shape index (κ2) is 9.47. The van der Waals surface area contributed by atoms with E-state index >= 15 is 0 Å². The van der Waals surface area contributed by atoms with Crippen LogP contribution >= 0.6 is 0 Å². The van der Waals surface area contributed by atoms with Gasteiger partial charge in [0.1, 0.15) is 6.61 Å². The van der Waals surface area contributed by atoms with Gasteiger partial charge in [-0.25, -0.2) is 18.1 Å². The zero-order valence-electron chi connectivity index (χ0n) is 16.6. The van der Waals surface area contributed by atoms with E-state index in [4.69, 9.17) is 4.74 Å². The van der Waals surface area contributed by atoms with Crippen molar-refractivity contribution in [2.75, 3.05) is 5.32 Å². The number of nitrogens with one attached hydrogen (secondary N) is 2. The monoisotopic (exact) mass is 426 g/mol. The molecule has 0 radical (unpaired) electrons. The Morgan fingerprint density at radius 3 is 2.40 bits per heavy atom. The zero-order valence-corrected chi connectivity index (χ0v) is 17.4. The lowest BCUT2D eigenvalue weighted by Crippen LogP contribution is -2.30. The maximum absolute atomic E-state index is 12.6. The molecule has 3 rings (SSSR count). The van der Waals surface area contributed by atoms with Crippen LogP contribution in [0.2, 0.25) is 0 Å². The summed E-state index contributed by atoms with van der Waals surface area (Å²) in [6, 6.07) is 12.5. The molecule has 1 aromatic carbocycles. The number of aromatic nitrogens is 2. The van der Waals surface area contributed by atoms with Crippen LogP contribution < -0.4 is 14.8 Å². The number of rotatable bonds is 8. The number of sulfonamides is 1. The van der Waals surface area contributed by atoms with Crippen molar-refractivity contribution >= 4 is 21.7 Å². The molecule has 3 aromatic rings. The van der Waals surface area contributed by atoms with Crippen LogP contribution in [-0.2, 0) is 16.6 Å². The van der Waals surface area contributed by atoms with Crippen molar-refractivity contribution in [3.63, 3.8) is 0 Å². The van der Waals surface area contributed by atoms with Crippen LogP contribution in [0.3, 0.4) is 0 Å². The smallest absolute Gasteiger partial charge is 0.256 e. The number of amides is 1. The number of ether oxygens (including phenoxy) is 1. The van der Waals surface area contributed by atoms with Gasteiger partial charge in [-0.2, -0.15) is 0 Å². The lowest BCUT2D eigenvalue weighted by atomic mass is 10.2. The molecule has 8 nitrogen and oxygen atoms in total. The first-order valence-corrected chi connectivity index (χ1v) is 10.7. The van der Waals surface area contributed by atoms with Crippen LogP contribution in [0.5, 0.6) is 5.75 Å². The van der Waals surface area contributed by atoms with Crippen LogP contribution in [0, 0.1) is 0 Å². The molecular formula is C21H22N4O4S. The van der Waals surface area contributed by atoms with Gasteiger partial charge in [0.25, 0.3) is 5.91 Å². The Labute approximate surface area is 175 Å². The maximum atomic E-state index is 12.6. The van der Waals surface area contributed by atoms with Gasteiger partial charge < -0.3 is 10.1 Å². The van der Waals surface area contributed by atoms with E-state index < -0.39 is 15.9 Å². The average Bonchev–Trinajstić information content (AvgIpc) is 2.73. The van der Waals surface area contributed by atoms with E-state index in [1.165, 1.54) is 24.3 Å². The lowest BCUT2D eigenvalue weighted by molar-refractivity contribution is 0.102. The Morgan fingerprint density at radius 2 is 1.73 bits per heavy atom. The molecule has 30 heavy (non-hydrogen) atoms. The van der Waals surface area contributed by atoms with Crippen molar-refractivity contribution in [3.8, 4) is 5.75 Å². The standard InChI is InChI=1S/C21H22N4O4S/c1-15(2)25-30(27,28)18-7-5-17(6-8-18)21(26)24-20-19(4-3-11-23-20)29-14-16-9-12-22-13-10-16/h3-13,15,25H,14H2,1-2H3,(H,23,24,26). The lowest BCUT2D eigenvalue weighted by Gasteiger charge is -2.12. The highest BCUT2D eigenvalue weighted by Crippen LogP contribution is 2.23. The van der Waals surface area contributed by atoms with Crippen molar-refractivity contribution in [1.29, 1.82) is 0 Å². The molecule has 0 aliphatic rings. The van der Waals surface area contributed by atoms with E-state index in [-0.39, 0.29) is 16.8 Å². The molecule has 0 saturated heterocycles.